The van der Waals surface area contributed by atoms with Crippen LogP contribution in [0.25, 0.3) is 0 Å². The second-order valence-electron chi connectivity index (χ2n) is 10.3. The second kappa shape index (κ2) is 9.40. The Morgan fingerprint density at radius 2 is 1.55 bits per heavy atom. The van der Waals surface area contributed by atoms with Gasteiger partial charge in [0.05, 0.1) is 6.54 Å². The standard InChI is InChI=1S/C28H35N5/c1-2-6-22(7-3-1)18-27-29-30-28-21-32(14-15-33(27)28)20-24-16-26(17-24)25-10-8-23(9-11-25)19-31-12-4-5-13-31/h1-3,6-11,24,26H,4-5,12-21H2. The molecule has 0 unspecified atom stereocenters. The molecular weight excluding hydrogens is 406 g/mol. The molecule has 3 aliphatic rings. The van der Waals surface area contributed by atoms with E-state index in [9.17, 15) is 0 Å². The number of hydrogen-bond donors (Lipinski definition) is 0. The van der Waals surface area contributed by atoms with Crippen LogP contribution in [0.2, 0.25) is 0 Å². The largest absolute Gasteiger partial charge is 0.312 e. The summed E-state index contributed by atoms with van der Waals surface area (Å²) in [7, 11) is 0. The molecule has 33 heavy (non-hydrogen) atoms. The quantitative estimate of drug-likeness (QED) is 0.542. The van der Waals surface area contributed by atoms with Crippen LogP contribution in [0.4, 0.5) is 0 Å². The Bertz CT molecular complexity index is 1050. The van der Waals surface area contributed by atoms with E-state index in [-0.39, 0.29) is 0 Å². The predicted octanol–water partition coefficient (Wildman–Crippen LogP) is 4.47. The van der Waals surface area contributed by atoms with E-state index < -0.39 is 0 Å². The number of aromatic nitrogens is 3. The first-order chi connectivity index (χ1) is 16.3. The first-order valence-electron chi connectivity index (χ1n) is 12.8. The summed E-state index contributed by atoms with van der Waals surface area (Å²) in [6.07, 6.45) is 6.26. The van der Waals surface area contributed by atoms with E-state index >= 15 is 0 Å². The molecule has 1 aromatic heterocycles. The molecule has 2 fully saturated rings. The highest BCUT2D eigenvalue weighted by Gasteiger charge is 2.33. The second-order valence-corrected chi connectivity index (χ2v) is 10.3. The van der Waals surface area contributed by atoms with Crippen molar-refractivity contribution in [1.29, 1.82) is 0 Å². The highest BCUT2D eigenvalue weighted by molar-refractivity contribution is 5.27. The number of likely N-dealkylation sites (tertiary alicyclic amines) is 1. The maximum atomic E-state index is 4.53. The molecule has 3 heterocycles. The van der Waals surface area contributed by atoms with Gasteiger partial charge in [0.2, 0.25) is 0 Å². The molecule has 1 aliphatic carbocycles. The Hall–Kier alpha value is -2.50. The van der Waals surface area contributed by atoms with Gasteiger partial charge < -0.3 is 4.57 Å². The summed E-state index contributed by atoms with van der Waals surface area (Å²) in [5.41, 5.74) is 4.32. The summed E-state index contributed by atoms with van der Waals surface area (Å²) >= 11 is 0. The minimum Gasteiger partial charge on any atom is -0.312 e. The zero-order valence-electron chi connectivity index (χ0n) is 19.6. The van der Waals surface area contributed by atoms with E-state index in [1.165, 1.54) is 56.4 Å². The maximum absolute atomic E-state index is 4.53. The summed E-state index contributed by atoms with van der Waals surface area (Å²) in [5, 5.41) is 9.04. The first kappa shape index (κ1) is 21.1. The monoisotopic (exact) mass is 441 g/mol. The zero-order valence-corrected chi connectivity index (χ0v) is 19.6. The van der Waals surface area contributed by atoms with Gasteiger partial charge in [-0.05, 0) is 67.3 Å². The topological polar surface area (TPSA) is 37.2 Å². The molecule has 0 spiro atoms. The zero-order chi connectivity index (χ0) is 22.0. The van der Waals surface area contributed by atoms with Gasteiger partial charge in [-0.25, -0.2) is 0 Å². The van der Waals surface area contributed by atoms with Crippen molar-refractivity contribution >= 4 is 0 Å². The van der Waals surface area contributed by atoms with Crippen LogP contribution in [0.5, 0.6) is 0 Å². The third-order valence-electron chi connectivity index (χ3n) is 7.92. The Balaban J connectivity index is 0.985. The molecule has 6 rings (SSSR count). The van der Waals surface area contributed by atoms with E-state index in [4.69, 9.17) is 0 Å². The lowest BCUT2D eigenvalue weighted by Crippen LogP contribution is -2.40. The smallest absolute Gasteiger partial charge is 0.147 e. The molecule has 2 aromatic carbocycles. The fourth-order valence-electron chi connectivity index (χ4n) is 5.95. The van der Waals surface area contributed by atoms with Crippen LogP contribution in [-0.2, 0) is 26.1 Å². The Kier molecular flexibility index (Phi) is 6.00. The molecule has 0 radical (unpaired) electrons. The van der Waals surface area contributed by atoms with Crippen LogP contribution < -0.4 is 0 Å². The molecule has 0 bridgehead atoms. The van der Waals surface area contributed by atoms with E-state index in [1.807, 2.05) is 0 Å². The SMILES string of the molecule is c1ccc(Cc2nnc3n2CCN(CC2CC(c4ccc(CN5CCCC5)cc4)C2)C3)cc1. The van der Waals surface area contributed by atoms with E-state index in [1.54, 1.807) is 5.56 Å². The van der Waals surface area contributed by atoms with E-state index in [0.29, 0.717) is 0 Å². The average Bonchev–Trinajstić information content (AvgIpc) is 3.47. The molecule has 1 saturated carbocycles. The van der Waals surface area contributed by atoms with Crippen molar-refractivity contribution in [1.82, 2.24) is 24.6 Å². The number of rotatable bonds is 7. The number of nitrogens with zero attached hydrogens (tertiary/aromatic N) is 5. The number of fused-ring (bicyclic) bond motifs is 1. The fraction of sp³-hybridized carbons (Fsp3) is 0.500. The van der Waals surface area contributed by atoms with Crippen molar-refractivity contribution in [3.8, 4) is 0 Å². The Morgan fingerprint density at radius 1 is 0.758 bits per heavy atom. The van der Waals surface area contributed by atoms with Crippen molar-refractivity contribution in [2.45, 2.75) is 57.7 Å². The molecule has 3 aromatic rings. The summed E-state index contributed by atoms with van der Waals surface area (Å²) in [6.45, 7) is 7.93. The van der Waals surface area contributed by atoms with Gasteiger partial charge in [-0.15, -0.1) is 10.2 Å². The molecule has 1 saturated heterocycles. The van der Waals surface area contributed by atoms with Crippen molar-refractivity contribution in [3.05, 3.63) is 82.9 Å². The summed E-state index contributed by atoms with van der Waals surface area (Å²) < 4.78 is 2.34. The van der Waals surface area contributed by atoms with Crippen molar-refractivity contribution in [3.63, 3.8) is 0 Å². The molecule has 5 nitrogen and oxygen atoms in total. The number of hydrogen-bond acceptors (Lipinski definition) is 4. The average molecular weight is 442 g/mol. The first-order valence-corrected chi connectivity index (χ1v) is 12.8. The van der Waals surface area contributed by atoms with Gasteiger partial charge in [-0.2, -0.15) is 0 Å². The van der Waals surface area contributed by atoms with Crippen LogP contribution in [0.1, 0.15) is 59.9 Å². The maximum Gasteiger partial charge on any atom is 0.147 e. The summed E-state index contributed by atoms with van der Waals surface area (Å²) in [5.74, 6) is 3.81. The lowest BCUT2D eigenvalue weighted by molar-refractivity contribution is 0.132. The van der Waals surface area contributed by atoms with E-state index in [2.05, 4.69) is 79.2 Å². The van der Waals surface area contributed by atoms with Crippen molar-refractivity contribution in [2.75, 3.05) is 26.2 Å². The minimum absolute atomic E-state index is 0.752. The van der Waals surface area contributed by atoms with Gasteiger partial charge >= 0.3 is 0 Å². The lowest BCUT2D eigenvalue weighted by atomic mass is 9.71. The predicted molar refractivity (Wildman–Crippen MR) is 131 cm³/mol. The van der Waals surface area contributed by atoms with Gasteiger partial charge in [0, 0.05) is 32.6 Å². The van der Waals surface area contributed by atoms with Gasteiger partial charge in [0.25, 0.3) is 0 Å². The number of benzene rings is 2. The lowest BCUT2D eigenvalue weighted by Gasteiger charge is -2.40. The Morgan fingerprint density at radius 3 is 2.33 bits per heavy atom. The normalized spacial score (nSPS) is 23.4. The van der Waals surface area contributed by atoms with Crippen LogP contribution in [0.15, 0.2) is 54.6 Å². The van der Waals surface area contributed by atoms with Crippen molar-refractivity contribution in [2.24, 2.45) is 5.92 Å². The third-order valence-corrected chi connectivity index (χ3v) is 7.92. The van der Waals surface area contributed by atoms with Crippen molar-refractivity contribution < 1.29 is 0 Å². The van der Waals surface area contributed by atoms with Crippen LogP contribution in [0, 0.1) is 5.92 Å². The van der Waals surface area contributed by atoms with Gasteiger partial charge in [-0.1, -0.05) is 54.6 Å². The molecule has 2 aliphatic heterocycles. The highest BCUT2D eigenvalue weighted by Crippen LogP contribution is 2.42. The van der Waals surface area contributed by atoms with Crippen LogP contribution >= 0.6 is 0 Å². The molecule has 0 N–H and O–H groups in total. The molecule has 0 atom stereocenters. The Labute approximate surface area is 197 Å². The van der Waals surface area contributed by atoms with Crippen LogP contribution in [-0.4, -0.2) is 50.7 Å². The molecule has 5 heteroatoms. The third kappa shape index (κ3) is 4.75. The minimum atomic E-state index is 0.752. The summed E-state index contributed by atoms with van der Waals surface area (Å²) in [4.78, 5) is 5.18. The fourth-order valence-corrected chi connectivity index (χ4v) is 5.95. The summed E-state index contributed by atoms with van der Waals surface area (Å²) in [6, 6.07) is 20.1. The van der Waals surface area contributed by atoms with E-state index in [0.717, 1.165) is 56.1 Å². The van der Waals surface area contributed by atoms with Crippen LogP contribution in [0.3, 0.4) is 0 Å². The molecule has 0 amide bonds. The highest BCUT2D eigenvalue weighted by atomic mass is 15.3. The van der Waals surface area contributed by atoms with Gasteiger partial charge in [-0.3, -0.25) is 9.80 Å². The van der Waals surface area contributed by atoms with Gasteiger partial charge in [0.15, 0.2) is 0 Å². The molecule has 172 valence electrons. The molecular formula is C28H35N5. The van der Waals surface area contributed by atoms with Gasteiger partial charge in [0.1, 0.15) is 11.6 Å².